The van der Waals surface area contributed by atoms with Crippen LogP contribution in [-0.2, 0) is 11.3 Å². The summed E-state index contributed by atoms with van der Waals surface area (Å²) in [5.74, 6) is -0.0911. The van der Waals surface area contributed by atoms with Gasteiger partial charge in [-0.05, 0) is 6.07 Å². The highest BCUT2D eigenvalue weighted by Gasteiger charge is 2.11. The van der Waals surface area contributed by atoms with E-state index in [0.29, 0.717) is 17.7 Å². The van der Waals surface area contributed by atoms with Crippen molar-refractivity contribution in [3.8, 4) is 0 Å². The molecule has 1 heterocycles. The Bertz CT molecular complexity index is 352. The number of nitrogens with one attached hydrogen (secondary N) is 1. The number of hydrogen-bond donors (Lipinski definition) is 3. The summed E-state index contributed by atoms with van der Waals surface area (Å²) < 4.78 is 0. The Kier molecular flexibility index (Phi) is 4.45. The number of rotatable bonds is 4. The molecule has 1 aromatic rings. The van der Waals surface area contributed by atoms with E-state index in [9.17, 15) is 4.79 Å². The van der Waals surface area contributed by atoms with E-state index in [1.165, 1.54) is 6.20 Å². The Hall–Kier alpha value is -1.40. The highest BCUT2D eigenvalue weighted by Crippen LogP contribution is 1.95. The number of carbonyl (C=O) groups excluding carboxylic acids is 1. The number of carbonyl (C=O) groups is 1. The van der Waals surface area contributed by atoms with Gasteiger partial charge < -0.3 is 15.4 Å². The molecule has 0 fully saturated rings. The van der Waals surface area contributed by atoms with Gasteiger partial charge in [-0.25, -0.2) is 0 Å². The Morgan fingerprint density at radius 2 is 2.19 bits per heavy atom. The van der Waals surface area contributed by atoms with Crippen LogP contribution < -0.4 is 10.8 Å². The second kappa shape index (κ2) is 5.62. The molecule has 1 aromatic heterocycles. The summed E-state index contributed by atoms with van der Waals surface area (Å²) in [6.45, 7) is 3.97. The topological polar surface area (TPSA) is 82.5 Å². The zero-order valence-electron chi connectivity index (χ0n) is 9.34. The average Bonchev–Trinajstić information content (AvgIpc) is 2.26. The third kappa shape index (κ3) is 3.64. The maximum absolute atomic E-state index is 11.3. The Labute approximate surface area is 94.7 Å². The van der Waals surface area contributed by atoms with Crippen LogP contribution in [0.2, 0.25) is 0 Å². The van der Waals surface area contributed by atoms with Gasteiger partial charge in [0, 0.05) is 17.6 Å². The van der Waals surface area contributed by atoms with Crippen LogP contribution in [0.25, 0.3) is 0 Å². The van der Waals surface area contributed by atoms with Gasteiger partial charge in [-0.1, -0.05) is 19.9 Å². The molecule has 0 aliphatic heterocycles. The SMILES string of the molecule is CC(C)C(=O)NCc1ccc(B(O)O)cn1. The molecule has 0 unspecified atom stereocenters. The molecule has 0 aliphatic carbocycles. The molecule has 0 saturated carbocycles. The van der Waals surface area contributed by atoms with E-state index < -0.39 is 7.12 Å². The molecule has 6 heteroatoms. The number of nitrogens with zero attached hydrogens (tertiary/aromatic N) is 1. The highest BCUT2D eigenvalue weighted by atomic mass is 16.4. The van der Waals surface area contributed by atoms with Crippen molar-refractivity contribution in [1.82, 2.24) is 10.3 Å². The van der Waals surface area contributed by atoms with Crippen molar-refractivity contribution >= 4 is 18.5 Å². The zero-order chi connectivity index (χ0) is 12.1. The Morgan fingerprint density at radius 3 is 2.62 bits per heavy atom. The minimum Gasteiger partial charge on any atom is -0.423 e. The summed E-state index contributed by atoms with van der Waals surface area (Å²) in [4.78, 5) is 15.3. The van der Waals surface area contributed by atoms with Crippen molar-refractivity contribution in [2.45, 2.75) is 20.4 Å². The molecule has 16 heavy (non-hydrogen) atoms. The quantitative estimate of drug-likeness (QED) is 0.572. The zero-order valence-corrected chi connectivity index (χ0v) is 9.34. The van der Waals surface area contributed by atoms with E-state index in [4.69, 9.17) is 10.0 Å². The smallest absolute Gasteiger partial charge is 0.423 e. The predicted molar refractivity (Wildman–Crippen MR) is 60.7 cm³/mol. The van der Waals surface area contributed by atoms with Gasteiger partial charge in [0.05, 0.1) is 12.2 Å². The van der Waals surface area contributed by atoms with E-state index >= 15 is 0 Å². The summed E-state index contributed by atoms with van der Waals surface area (Å²) in [6, 6.07) is 3.21. The van der Waals surface area contributed by atoms with E-state index in [2.05, 4.69) is 10.3 Å². The van der Waals surface area contributed by atoms with Crippen molar-refractivity contribution in [2.75, 3.05) is 0 Å². The molecule has 0 spiro atoms. The fourth-order valence-electron chi connectivity index (χ4n) is 1.08. The molecule has 1 rings (SSSR count). The lowest BCUT2D eigenvalue weighted by Crippen LogP contribution is -2.31. The molecule has 0 bridgehead atoms. The third-order valence-electron chi connectivity index (χ3n) is 2.11. The first-order valence-corrected chi connectivity index (χ1v) is 5.09. The molecular formula is C10H15BN2O3. The maximum Gasteiger partial charge on any atom is 0.490 e. The van der Waals surface area contributed by atoms with E-state index in [1.807, 2.05) is 13.8 Å². The molecule has 0 aliphatic rings. The molecule has 5 nitrogen and oxygen atoms in total. The largest absolute Gasteiger partial charge is 0.490 e. The van der Waals surface area contributed by atoms with Crippen LogP contribution in [0.5, 0.6) is 0 Å². The van der Waals surface area contributed by atoms with Crippen molar-refractivity contribution < 1.29 is 14.8 Å². The molecule has 0 radical (unpaired) electrons. The fraction of sp³-hybridized carbons (Fsp3) is 0.400. The lowest BCUT2D eigenvalue weighted by Gasteiger charge is -2.07. The monoisotopic (exact) mass is 222 g/mol. The van der Waals surface area contributed by atoms with Gasteiger partial charge in [0.15, 0.2) is 0 Å². The normalized spacial score (nSPS) is 10.3. The predicted octanol–water partition coefficient (Wildman–Crippen LogP) is -0.966. The molecule has 3 N–H and O–H groups in total. The van der Waals surface area contributed by atoms with Gasteiger partial charge in [0.2, 0.25) is 5.91 Å². The van der Waals surface area contributed by atoms with Crippen molar-refractivity contribution in [3.05, 3.63) is 24.0 Å². The summed E-state index contributed by atoms with van der Waals surface area (Å²) in [5, 5.41) is 20.4. The molecule has 0 atom stereocenters. The lowest BCUT2D eigenvalue weighted by molar-refractivity contribution is -0.124. The molecular weight excluding hydrogens is 207 g/mol. The van der Waals surface area contributed by atoms with Crippen LogP contribution in [0, 0.1) is 5.92 Å². The molecule has 86 valence electrons. The van der Waals surface area contributed by atoms with E-state index in [-0.39, 0.29) is 11.8 Å². The molecule has 1 amide bonds. The Balaban J connectivity index is 2.53. The second-order valence-corrected chi connectivity index (χ2v) is 3.83. The lowest BCUT2D eigenvalue weighted by atomic mass is 9.82. The van der Waals surface area contributed by atoms with Crippen LogP contribution >= 0.6 is 0 Å². The maximum atomic E-state index is 11.3. The van der Waals surface area contributed by atoms with Gasteiger partial charge >= 0.3 is 7.12 Å². The van der Waals surface area contributed by atoms with Gasteiger partial charge in [-0.3, -0.25) is 9.78 Å². The first-order chi connectivity index (χ1) is 7.50. The number of amides is 1. The first-order valence-electron chi connectivity index (χ1n) is 5.09. The van der Waals surface area contributed by atoms with Crippen molar-refractivity contribution in [3.63, 3.8) is 0 Å². The van der Waals surface area contributed by atoms with Crippen LogP contribution in [0.4, 0.5) is 0 Å². The molecule has 0 aromatic carbocycles. The number of hydrogen-bond acceptors (Lipinski definition) is 4. The summed E-state index contributed by atoms with van der Waals surface area (Å²) >= 11 is 0. The van der Waals surface area contributed by atoms with Gasteiger partial charge in [-0.15, -0.1) is 0 Å². The molecule has 0 saturated heterocycles. The van der Waals surface area contributed by atoms with Gasteiger partial charge in [-0.2, -0.15) is 0 Å². The summed E-state index contributed by atoms with van der Waals surface area (Å²) in [5.41, 5.74) is 1.01. The van der Waals surface area contributed by atoms with Crippen LogP contribution in [-0.4, -0.2) is 28.1 Å². The standard InChI is InChI=1S/C10H15BN2O3/c1-7(2)10(14)13-6-9-4-3-8(5-12-9)11(15)16/h3-5,7,15-16H,6H2,1-2H3,(H,13,14). The highest BCUT2D eigenvalue weighted by molar-refractivity contribution is 6.58. The first kappa shape index (κ1) is 12.7. The van der Waals surface area contributed by atoms with E-state index in [0.717, 1.165) is 0 Å². The third-order valence-corrected chi connectivity index (χ3v) is 2.11. The second-order valence-electron chi connectivity index (χ2n) is 3.83. The number of pyridine rings is 1. The summed E-state index contributed by atoms with van der Waals surface area (Å²) in [6.07, 6.45) is 1.38. The van der Waals surface area contributed by atoms with Gasteiger partial charge in [0.1, 0.15) is 0 Å². The van der Waals surface area contributed by atoms with Crippen LogP contribution in [0.3, 0.4) is 0 Å². The minimum atomic E-state index is -1.51. The van der Waals surface area contributed by atoms with Crippen molar-refractivity contribution in [2.24, 2.45) is 5.92 Å². The minimum absolute atomic E-state index is 0.0342. The van der Waals surface area contributed by atoms with Crippen molar-refractivity contribution in [1.29, 1.82) is 0 Å². The summed E-state index contributed by atoms with van der Waals surface area (Å²) in [7, 11) is -1.51. The van der Waals surface area contributed by atoms with Gasteiger partial charge in [0.25, 0.3) is 0 Å². The number of aromatic nitrogens is 1. The Morgan fingerprint density at radius 1 is 1.50 bits per heavy atom. The fourth-order valence-corrected chi connectivity index (χ4v) is 1.08. The average molecular weight is 222 g/mol. The van der Waals surface area contributed by atoms with Crippen LogP contribution in [0.1, 0.15) is 19.5 Å². The van der Waals surface area contributed by atoms with Crippen LogP contribution in [0.15, 0.2) is 18.3 Å². The van der Waals surface area contributed by atoms with E-state index in [1.54, 1.807) is 12.1 Å².